The van der Waals surface area contributed by atoms with Gasteiger partial charge in [-0.05, 0) is 23.8 Å². The normalized spacial score (nSPS) is 17.5. The molecule has 0 bridgehead atoms. The Bertz CT molecular complexity index is 361. The maximum Gasteiger partial charge on any atom is 0.317 e. The van der Waals surface area contributed by atoms with Gasteiger partial charge in [-0.25, -0.2) is 4.79 Å². The summed E-state index contributed by atoms with van der Waals surface area (Å²) in [4.78, 5) is 15.2. The van der Waals surface area contributed by atoms with Gasteiger partial charge < -0.3 is 10.2 Å². The van der Waals surface area contributed by atoms with Gasteiger partial charge in [-0.3, -0.25) is 0 Å². The summed E-state index contributed by atoms with van der Waals surface area (Å²) in [5.41, 5.74) is 0. The number of rotatable bonds is 4. The van der Waals surface area contributed by atoms with E-state index in [4.69, 9.17) is 0 Å². The molecule has 1 aliphatic rings. The molecule has 1 fully saturated rings. The van der Waals surface area contributed by atoms with Crippen LogP contribution in [0.5, 0.6) is 0 Å². The Morgan fingerprint density at radius 1 is 1.50 bits per heavy atom. The first-order valence-electron chi connectivity index (χ1n) is 6.38. The molecule has 1 aromatic rings. The molecule has 2 amide bonds. The number of thioether (sulfide) groups is 1. The second-order valence-electron chi connectivity index (χ2n) is 4.67. The van der Waals surface area contributed by atoms with Crippen molar-refractivity contribution in [3.63, 3.8) is 0 Å². The van der Waals surface area contributed by atoms with Crippen LogP contribution in [0.25, 0.3) is 0 Å². The van der Waals surface area contributed by atoms with E-state index in [0.29, 0.717) is 5.92 Å². The molecule has 5 heteroatoms. The highest BCUT2D eigenvalue weighted by atomic mass is 32.2. The minimum atomic E-state index is 0.105. The van der Waals surface area contributed by atoms with Crippen molar-refractivity contribution in [2.24, 2.45) is 5.92 Å². The molecule has 100 valence electrons. The third-order valence-corrected chi connectivity index (χ3v) is 4.87. The zero-order chi connectivity index (χ0) is 12.8. The second-order valence-corrected chi connectivity index (χ2v) is 6.93. The predicted octanol–water partition coefficient (Wildman–Crippen LogP) is 2.69. The van der Waals surface area contributed by atoms with Gasteiger partial charge in [0.25, 0.3) is 0 Å². The summed E-state index contributed by atoms with van der Waals surface area (Å²) in [6.07, 6.45) is 1.05. The van der Waals surface area contributed by atoms with E-state index < -0.39 is 0 Å². The van der Waals surface area contributed by atoms with Gasteiger partial charge in [-0.15, -0.1) is 11.3 Å². The molecule has 1 N–H and O–H groups in total. The summed E-state index contributed by atoms with van der Waals surface area (Å²) < 4.78 is 0. The summed E-state index contributed by atoms with van der Waals surface area (Å²) in [6, 6.07) is 4.34. The number of thiophene rings is 1. The van der Waals surface area contributed by atoms with Crippen molar-refractivity contribution >= 4 is 29.1 Å². The average molecular weight is 284 g/mol. The van der Waals surface area contributed by atoms with Crippen LogP contribution in [0.1, 0.15) is 11.8 Å². The molecule has 0 unspecified atom stereocenters. The first-order chi connectivity index (χ1) is 8.75. The summed E-state index contributed by atoms with van der Waals surface area (Å²) in [6.45, 7) is 4.72. The van der Waals surface area contributed by atoms with Crippen LogP contribution in [0.15, 0.2) is 17.5 Å². The third-order valence-electron chi connectivity index (χ3n) is 3.03. The average Bonchev–Trinajstić information content (AvgIpc) is 2.90. The van der Waals surface area contributed by atoms with Crippen molar-refractivity contribution in [2.75, 3.05) is 31.1 Å². The van der Waals surface area contributed by atoms with Crippen molar-refractivity contribution < 1.29 is 4.79 Å². The molecule has 2 heterocycles. The maximum absolute atomic E-state index is 11.9. The van der Waals surface area contributed by atoms with Crippen LogP contribution in [0.3, 0.4) is 0 Å². The molecule has 2 rings (SSSR count). The van der Waals surface area contributed by atoms with Gasteiger partial charge >= 0.3 is 6.03 Å². The molecule has 0 radical (unpaired) electrons. The highest BCUT2D eigenvalue weighted by molar-refractivity contribution is 7.99. The van der Waals surface area contributed by atoms with E-state index in [-0.39, 0.29) is 6.03 Å². The van der Waals surface area contributed by atoms with Gasteiger partial charge in [0.05, 0.1) is 0 Å². The molecule has 0 aliphatic carbocycles. The Hall–Kier alpha value is -0.680. The third kappa shape index (κ3) is 4.21. The van der Waals surface area contributed by atoms with E-state index in [0.717, 1.165) is 37.6 Å². The van der Waals surface area contributed by atoms with Gasteiger partial charge in [-0.1, -0.05) is 13.0 Å². The number of nitrogens with zero attached hydrogens (tertiary/aromatic N) is 1. The van der Waals surface area contributed by atoms with Crippen LogP contribution < -0.4 is 5.32 Å². The standard InChI is InChI=1S/C13H20N2OS2/c1-11(9-12-3-2-6-18-12)10-14-13(16)15-4-7-17-8-5-15/h2-3,6,11H,4-5,7-10H2,1H3,(H,14,16)/t11-/m0/s1. The van der Waals surface area contributed by atoms with Gasteiger partial charge in [0.2, 0.25) is 0 Å². The van der Waals surface area contributed by atoms with E-state index in [2.05, 4.69) is 29.8 Å². The highest BCUT2D eigenvalue weighted by Gasteiger charge is 2.16. The molecule has 1 aromatic heterocycles. The molecule has 3 nitrogen and oxygen atoms in total. The van der Waals surface area contributed by atoms with Crippen LogP contribution in [0.4, 0.5) is 4.79 Å². The van der Waals surface area contributed by atoms with Crippen LogP contribution in [0, 0.1) is 5.92 Å². The fourth-order valence-corrected chi connectivity index (χ4v) is 3.76. The first kappa shape index (κ1) is 13.7. The number of carbonyl (C=O) groups excluding carboxylic acids is 1. The van der Waals surface area contributed by atoms with E-state index in [1.807, 2.05) is 16.7 Å². The summed E-state index contributed by atoms with van der Waals surface area (Å²) >= 11 is 3.71. The molecular formula is C13H20N2OS2. The quantitative estimate of drug-likeness (QED) is 0.922. The molecule has 0 spiro atoms. The molecule has 0 saturated carbocycles. The van der Waals surface area contributed by atoms with Gasteiger partial charge in [-0.2, -0.15) is 11.8 Å². The Balaban J connectivity index is 1.68. The lowest BCUT2D eigenvalue weighted by atomic mass is 10.1. The summed E-state index contributed by atoms with van der Waals surface area (Å²) in [5.74, 6) is 2.63. The Labute approximate surface area is 117 Å². The van der Waals surface area contributed by atoms with E-state index in [1.54, 1.807) is 11.3 Å². The van der Waals surface area contributed by atoms with E-state index in [1.165, 1.54) is 4.88 Å². The zero-order valence-electron chi connectivity index (χ0n) is 10.7. The minimum absolute atomic E-state index is 0.105. The van der Waals surface area contributed by atoms with Crippen molar-refractivity contribution in [1.82, 2.24) is 10.2 Å². The van der Waals surface area contributed by atoms with E-state index in [9.17, 15) is 4.79 Å². The fraction of sp³-hybridized carbons (Fsp3) is 0.615. The Kier molecular flexibility index (Phi) is 5.38. The topological polar surface area (TPSA) is 32.3 Å². The van der Waals surface area contributed by atoms with Crippen molar-refractivity contribution in [1.29, 1.82) is 0 Å². The molecule has 1 atom stereocenters. The SMILES string of the molecule is C[C@H](CNC(=O)N1CCSCC1)Cc1cccs1. The maximum atomic E-state index is 11.9. The lowest BCUT2D eigenvalue weighted by Gasteiger charge is -2.27. The van der Waals surface area contributed by atoms with Crippen molar-refractivity contribution in [2.45, 2.75) is 13.3 Å². The number of nitrogens with one attached hydrogen (secondary N) is 1. The number of hydrogen-bond acceptors (Lipinski definition) is 3. The molecular weight excluding hydrogens is 264 g/mol. The fourth-order valence-electron chi connectivity index (χ4n) is 1.98. The van der Waals surface area contributed by atoms with Gasteiger partial charge in [0, 0.05) is 36.0 Å². The first-order valence-corrected chi connectivity index (χ1v) is 8.42. The number of carbonyl (C=O) groups is 1. The minimum Gasteiger partial charge on any atom is -0.338 e. The van der Waals surface area contributed by atoms with Crippen LogP contribution in [0.2, 0.25) is 0 Å². The Morgan fingerprint density at radius 2 is 2.28 bits per heavy atom. The number of hydrogen-bond donors (Lipinski definition) is 1. The lowest BCUT2D eigenvalue weighted by molar-refractivity contribution is 0.201. The zero-order valence-corrected chi connectivity index (χ0v) is 12.4. The van der Waals surface area contributed by atoms with Crippen LogP contribution in [-0.4, -0.2) is 42.1 Å². The van der Waals surface area contributed by atoms with Gasteiger partial charge in [0.15, 0.2) is 0 Å². The van der Waals surface area contributed by atoms with Gasteiger partial charge in [0.1, 0.15) is 0 Å². The second kappa shape index (κ2) is 7.04. The number of urea groups is 1. The molecule has 18 heavy (non-hydrogen) atoms. The largest absolute Gasteiger partial charge is 0.338 e. The predicted molar refractivity (Wildman–Crippen MR) is 79.5 cm³/mol. The highest BCUT2D eigenvalue weighted by Crippen LogP contribution is 2.14. The van der Waals surface area contributed by atoms with Crippen molar-refractivity contribution in [3.8, 4) is 0 Å². The lowest BCUT2D eigenvalue weighted by Crippen LogP contribution is -2.45. The molecule has 1 saturated heterocycles. The summed E-state index contributed by atoms with van der Waals surface area (Å²) in [5, 5.41) is 5.15. The van der Waals surface area contributed by atoms with Crippen LogP contribution >= 0.6 is 23.1 Å². The number of amides is 2. The molecule has 1 aliphatic heterocycles. The monoisotopic (exact) mass is 284 g/mol. The summed E-state index contributed by atoms with van der Waals surface area (Å²) in [7, 11) is 0. The van der Waals surface area contributed by atoms with Crippen LogP contribution in [-0.2, 0) is 6.42 Å². The molecule has 0 aromatic carbocycles. The Morgan fingerprint density at radius 3 is 2.94 bits per heavy atom. The smallest absolute Gasteiger partial charge is 0.317 e. The van der Waals surface area contributed by atoms with Crippen molar-refractivity contribution in [3.05, 3.63) is 22.4 Å². The van der Waals surface area contributed by atoms with E-state index >= 15 is 0 Å².